The Balaban J connectivity index is 2.15. The van der Waals surface area contributed by atoms with E-state index >= 15 is 0 Å². The molecule has 0 radical (unpaired) electrons. The van der Waals surface area contributed by atoms with Gasteiger partial charge in [0.25, 0.3) is 0 Å². The van der Waals surface area contributed by atoms with Crippen molar-refractivity contribution in [1.82, 2.24) is 10.6 Å². The molecule has 19 heavy (non-hydrogen) atoms. The van der Waals surface area contributed by atoms with Crippen molar-refractivity contribution in [3.63, 3.8) is 0 Å². The maximum atomic E-state index is 12.0. The SMILES string of the molecule is CC(C)NC(=O)CN1CC(C)NCc2ccccc21. The molecule has 0 aliphatic carbocycles. The molecule has 104 valence electrons. The monoisotopic (exact) mass is 261 g/mol. The molecule has 0 bridgehead atoms. The number of anilines is 1. The van der Waals surface area contributed by atoms with Crippen LogP contribution in [0.25, 0.3) is 0 Å². The van der Waals surface area contributed by atoms with E-state index in [1.807, 2.05) is 26.0 Å². The van der Waals surface area contributed by atoms with E-state index in [1.54, 1.807) is 0 Å². The number of benzene rings is 1. The summed E-state index contributed by atoms with van der Waals surface area (Å²) in [5.74, 6) is 0.0823. The van der Waals surface area contributed by atoms with E-state index in [1.165, 1.54) is 11.3 Å². The second-order valence-corrected chi connectivity index (χ2v) is 5.51. The van der Waals surface area contributed by atoms with Crippen LogP contribution in [-0.2, 0) is 11.3 Å². The van der Waals surface area contributed by atoms with Crippen molar-refractivity contribution in [2.75, 3.05) is 18.0 Å². The largest absolute Gasteiger partial charge is 0.360 e. The molecule has 0 saturated carbocycles. The van der Waals surface area contributed by atoms with Gasteiger partial charge in [-0.3, -0.25) is 4.79 Å². The van der Waals surface area contributed by atoms with Gasteiger partial charge in [-0.15, -0.1) is 0 Å². The Morgan fingerprint density at radius 1 is 1.47 bits per heavy atom. The van der Waals surface area contributed by atoms with E-state index < -0.39 is 0 Å². The summed E-state index contributed by atoms with van der Waals surface area (Å²) >= 11 is 0. The van der Waals surface area contributed by atoms with Crippen molar-refractivity contribution in [2.24, 2.45) is 0 Å². The minimum atomic E-state index is 0.0823. The van der Waals surface area contributed by atoms with E-state index in [0.717, 1.165) is 13.1 Å². The lowest BCUT2D eigenvalue weighted by atomic mass is 10.1. The van der Waals surface area contributed by atoms with Crippen LogP contribution in [0.3, 0.4) is 0 Å². The summed E-state index contributed by atoms with van der Waals surface area (Å²) in [6.07, 6.45) is 0. The number of para-hydroxylation sites is 1. The highest BCUT2D eigenvalue weighted by atomic mass is 16.2. The first-order valence-corrected chi connectivity index (χ1v) is 6.92. The van der Waals surface area contributed by atoms with Crippen LogP contribution in [-0.4, -0.2) is 31.1 Å². The van der Waals surface area contributed by atoms with E-state index in [2.05, 4.69) is 34.6 Å². The highest BCUT2D eigenvalue weighted by molar-refractivity contribution is 5.82. The van der Waals surface area contributed by atoms with Gasteiger partial charge in [-0.25, -0.2) is 0 Å². The maximum absolute atomic E-state index is 12.0. The molecule has 1 aromatic carbocycles. The van der Waals surface area contributed by atoms with Gasteiger partial charge >= 0.3 is 0 Å². The van der Waals surface area contributed by atoms with Crippen molar-refractivity contribution in [3.8, 4) is 0 Å². The second kappa shape index (κ2) is 6.06. The zero-order valence-corrected chi connectivity index (χ0v) is 11.9. The summed E-state index contributed by atoms with van der Waals surface area (Å²) in [6, 6.07) is 8.85. The molecule has 0 spiro atoms. The summed E-state index contributed by atoms with van der Waals surface area (Å²) in [6.45, 7) is 8.25. The molecular weight excluding hydrogens is 238 g/mol. The molecule has 4 heteroatoms. The van der Waals surface area contributed by atoms with Gasteiger partial charge in [-0.2, -0.15) is 0 Å². The first kappa shape index (κ1) is 13.9. The summed E-state index contributed by atoms with van der Waals surface area (Å²) < 4.78 is 0. The van der Waals surface area contributed by atoms with Crippen molar-refractivity contribution in [3.05, 3.63) is 29.8 Å². The minimum absolute atomic E-state index is 0.0823. The zero-order valence-electron chi connectivity index (χ0n) is 11.9. The third-order valence-corrected chi connectivity index (χ3v) is 3.25. The molecule has 1 aliphatic rings. The molecule has 1 heterocycles. The Labute approximate surface area is 115 Å². The Morgan fingerprint density at radius 3 is 2.95 bits per heavy atom. The van der Waals surface area contributed by atoms with E-state index in [-0.39, 0.29) is 11.9 Å². The number of carbonyl (C=O) groups excluding carboxylic acids is 1. The second-order valence-electron chi connectivity index (χ2n) is 5.51. The summed E-state index contributed by atoms with van der Waals surface area (Å²) in [7, 11) is 0. The van der Waals surface area contributed by atoms with Gasteiger partial charge in [0, 0.05) is 30.9 Å². The summed E-state index contributed by atoms with van der Waals surface area (Å²) in [4.78, 5) is 14.1. The third kappa shape index (κ3) is 3.70. The first-order valence-electron chi connectivity index (χ1n) is 6.92. The number of amides is 1. The Hall–Kier alpha value is -1.55. The molecule has 4 nitrogen and oxygen atoms in total. The van der Waals surface area contributed by atoms with Gasteiger partial charge in [0.05, 0.1) is 6.54 Å². The quantitative estimate of drug-likeness (QED) is 0.867. The highest BCUT2D eigenvalue weighted by Crippen LogP contribution is 2.22. The number of rotatable bonds is 3. The van der Waals surface area contributed by atoms with Crippen LogP contribution < -0.4 is 15.5 Å². The molecule has 2 rings (SSSR count). The van der Waals surface area contributed by atoms with Crippen molar-refractivity contribution in [2.45, 2.75) is 39.4 Å². The minimum Gasteiger partial charge on any atom is -0.360 e. The van der Waals surface area contributed by atoms with Crippen molar-refractivity contribution in [1.29, 1.82) is 0 Å². The zero-order chi connectivity index (χ0) is 13.8. The normalized spacial score (nSPS) is 18.9. The Bertz CT molecular complexity index is 445. The maximum Gasteiger partial charge on any atom is 0.239 e. The molecule has 1 amide bonds. The fraction of sp³-hybridized carbons (Fsp3) is 0.533. The van der Waals surface area contributed by atoms with Crippen LogP contribution in [0.15, 0.2) is 24.3 Å². The predicted octanol–water partition coefficient (Wildman–Crippen LogP) is 1.51. The van der Waals surface area contributed by atoms with Gasteiger partial charge in [0.2, 0.25) is 5.91 Å². The number of nitrogens with one attached hydrogen (secondary N) is 2. The molecule has 1 aliphatic heterocycles. The molecule has 0 fully saturated rings. The molecular formula is C15H23N3O. The Kier molecular flexibility index (Phi) is 4.43. The van der Waals surface area contributed by atoms with Crippen molar-refractivity contribution >= 4 is 11.6 Å². The molecule has 0 saturated heterocycles. The molecule has 0 aromatic heterocycles. The van der Waals surface area contributed by atoms with Crippen LogP contribution in [0.5, 0.6) is 0 Å². The number of carbonyl (C=O) groups is 1. The van der Waals surface area contributed by atoms with E-state index in [9.17, 15) is 4.79 Å². The standard InChI is InChI=1S/C15H23N3O/c1-11(2)17-15(19)10-18-9-12(3)16-8-13-6-4-5-7-14(13)18/h4-7,11-12,16H,8-10H2,1-3H3,(H,17,19). The van der Waals surface area contributed by atoms with E-state index in [4.69, 9.17) is 0 Å². The van der Waals surface area contributed by atoms with Gasteiger partial charge in [0.15, 0.2) is 0 Å². The predicted molar refractivity (Wildman–Crippen MR) is 78.2 cm³/mol. The smallest absolute Gasteiger partial charge is 0.239 e. The lowest BCUT2D eigenvalue weighted by Crippen LogP contribution is -2.43. The van der Waals surface area contributed by atoms with Gasteiger partial charge in [-0.1, -0.05) is 18.2 Å². The molecule has 2 N–H and O–H groups in total. The van der Waals surface area contributed by atoms with Gasteiger partial charge < -0.3 is 15.5 Å². The van der Waals surface area contributed by atoms with Gasteiger partial charge in [-0.05, 0) is 32.4 Å². The third-order valence-electron chi connectivity index (χ3n) is 3.25. The van der Waals surface area contributed by atoms with Crippen LogP contribution in [0.1, 0.15) is 26.3 Å². The fourth-order valence-electron chi connectivity index (χ4n) is 2.44. The molecule has 1 aromatic rings. The average Bonchev–Trinajstić information content (AvgIpc) is 2.49. The number of hydrogen-bond donors (Lipinski definition) is 2. The number of fused-ring (bicyclic) bond motifs is 1. The van der Waals surface area contributed by atoms with Crippen LogP contribution >= 0.6 is 0 Å². The first-order chi connectivity index (χ1) is 9.06. The topological polar surface area (TPSA) is 44.4 Å². The summed E-state index contributed by atoms with van der Waals surface area (Å²) in [5, 5.41) is 6.43. The highest BCUT2D eigenvalue weighted by Gasteiger charge is 2.20. The molecule has 1 unspecified atom stereocenters. The van der Waals surface area contributed by atoms with Crippen LogP contribution in [0, 0.1) is 0 Å². The average molecular weight is 261 g/mol. The van der Waals surface area contributed by atoms with E-state index in [0.29, 0.717) is 12.6 Å². The van der Waals surface area contributed by atoms with Crippen molar-refractivity contribution < 1.29 is 4.79 Å². The van der Waals surface area contributed by atoms with Crippen LogP contribution in [0.4, 0.5) is 5.69 Å². The number of nitrogens with zero attached hydrogens (tertiary/aromatic N) is 1. The summed E-state index contributed by atoms with van der Waals surface area (Å²) in [5.41, 5.74) is 2.42. The molecule has 1 atom stereocenters. The Morgan fingerprint density at radius 2 is 2.21 bits per heavy atom. The lowest BCUT2D eigenvalue weighted by Gasteiger charge is -2.26. The fourth-order valence-corrected chi connectivity index (χ4v) is 2.44. The number of hydrogen-bond acceptors (Lipinski definition) is 3. The lowest BCUT2D eigenvalue weighted by molar-refractivity contribution is -0.120. The van der Waals surface area contributed by atoms with Gasteiger partial charge in [0.1, 0.15) is 0 Å². The van der Waals surface area contributed by atoms with Crippen LogP contribution in [0.2, 0.25) is 0 Å².